The predicted octanol–water partition coefficient (Wildman–Crippen LogP) is 1.90. The minimum absolute atomic E-state index is 0. The molecule has 2 rings (SSSR count). The molecular formula is C13H28O4. The Hall–Kier alpha value is -0.160. The average Bonchev–Trinajstić information content (AvgIpc) is 2.17. The summed E-state index contributed by atoms with van der Waals surface area (Å²) >= 11 is 0. The van der Waals surface area contributed by atoms with Crippen molar-refractivity contribution in [3.63, 3.8) is 0 Å². The number of hydrogen-bond acceptors (Lipinski definition) is 4. The molecule has 0 spiro atoms. The zero-order valence-corrected chi connectivity index (χ0v) is 9.86. The molecular weight excluding hydrogens is 220 g/mol. The third kappa shape index (κ3) is 7.71. The van der Waals surface area contributed by atoms with Gasteiger partial charge in [-0.3, -0.25) is 0 Å². The van der Waals surface area contributed by atoms with E-state index >= 15 is 0 Å². The number of rotatable bonds is 0. The van der Waals surface area contributed by atoms with Gasteiger partial charge in [-0.05, 0) is 25.7 Å². The molecule has 0 saturated heterocycles. The minimum Gasteiger partial charge on any atom is -0.366 e. The van der Waals surface area contributed by atoms with Crippen LogP contribution in [0, 0.1) is 0 Å². The quantitative estimate of drug-likeness (QED) is 0.494. The zero-order chi connectivity index (χ0) is 12.1. The highest BCUT2D eigenvalue weighted by Gasteiger charge is 2.25. The molecule has 0 aromatic carbocycles. The molecule has 17 heavy (non-hydrogen) atoms. The van der Waals surface area contributed by atoms with Gasteiger partial charge in [0.15, 0.2) is 11.6 Å². The highest BCUT2D eigenvalue weighted by molar-refractivity contribution is 4.70. The summed E-state index contributed by atoms with van der Waals surface area (Å²) in [4.78, 5) is 0. The molecule has 4 heteroatoms. The maximum absolute atomic E-state index is 8.93. The van der Waals surface area contributed by atoms with E-state index in [9.17, 15) is 0 Å². The molecule has 4 N–H and O–H groups in total. The Balaban J connectivity index is 0.000000284. The number of hydrogen-bond donors (Lipinski definition) is 4. The van der Waals surface area contributed by atoms with Crippen LogP contribution < -0.4 is 0 Å². The van der Waals surface area contributed by atoms with Crippen molar-refractivity contribution in [2.24, 2.45) is 0 Å². The summed E-state index contributed by atoms with van der Waals surface area (Å²) in [6.45, 7) is 0. The van der Waals surface area contributed by atoms with Crippen molar-refractivity contribution in [3.05, 3.63) is 0 Å². The van der Waals surface area contributed by atoms with Gasteiger partial charge in [-0.25, -0.2) is 0 Å². The molecule has 0 aromatic heterocycles. The van der Waals surface area contributed by atoms with E-state index in [1.54, 1.807) is 0 Å². The molecule has 0 radical (unpaired) electrons. The molecule has 2 fully saturated rings. The van der Waals surface area contributed by atoms with Gasteiger partial charge < -0.3 is 20.4 Å². The van der Waals surface area contributed by atoms with Crippen LogP contribution in [0.5, 0.6) is 0 Å². The van der Waals surface area contributed by atoms with Crippen LogP contribution in [0.4, 0.5) is 0 Å². The fourth-order valence-corrected chi connectivity index (χ4v) is 2.24. The standard InChI is InChI=1S/2C6H12O2.CH4/c2*7-6(8)4-2-1-3-5-6;/h2*7-8H,1-5H2;1H4. The molecule has 104 valence electrons. The Morgan fingerprint density at radius 3 is 0.824 bits per heavy atom. The second-order valence-electron chi connectivity index (χ2n) is 5.09. The van der Waals surface area contributed by atoms with Crippen molar-refractivity contribution in [1.82, 2.24) is 0 Å². The van der Waals surface area contributed by atoms with Crippen LogP contribution in [0.2, 0.25) is 0 Å². The van der Waals surface area contributed by atoms with Crippen LogP contribution in [0.25, 0.3) is 0 Å². The van der Waals surface area contributed by atoms with Crippen molar-refractivity contribution in [3.8, 4) is 0 Å². The van der Waals surface area contributed by atoms with E-state index in [1.807, 2.05) is 0 Å². The molecule has 0 aromatic rings. The van der Waals surface area contributed by atoms with Crippen molar-refractivity contribution >= 4 is 0 Å². The van der Waals surface area contributed by atoms with Gasteiger partial charge >= 0.3 is 0 Å². The van der Waals surface area contributed by atoms with E-state index in [-0.39, 0.29) is 7.43 Å². The first-order valence-electron chi connectivity index (χ1n) is 6.31. The van der Waals surface area contributed by atoms with Crippen LogP contribution in [0.1, 0.15) is 71.6 Å². The minimum atomic E-state index is -1.32. The van der Waals surface area contributed by atoms with Gasteiger partial charge in [-0.2, -0.15) is 0 Å². The highest BCUT2D eigenvalue weighted by atomic mass is 16.5. The summed E-state index contributed by atoms with van der Waals surface area (Å²) in [5.74, 6) is -2.64. The zero-order valence-electron chi connectivity index (χ0n) is 9.86. The van der Waals surface area contributed by atoms with Gasteiger partial charge in [0.05, 0.1) is 0 Å². The summed E-state index contributed by atoms with van der Waals surface area (Å²) in [5.41, 5.74) is 0. The number of aliphatic hydroxyl groups is 4. The van der Waals surface area contributed by atoms with E-state index < -0.39 is 11.6 Å². The molecule has 0 aliphatic heterocycles. The molecule has 2 aliphatic carbocycles. The van der Waals surface area contributed by atoms with Gasteiger partial charge in [-0.1, -0.05) is 20.3 Å². The van der Waals surface area contributed by atoms with Gasteiger partial charge in [0, 0.05) is 25.7 Å². The molecule has 2 aliphatic rings. The first-order valence-corrected chi connectivity index (χ1v) is 6.31. The molecule has 0 bridgehead atoms. The van der Waals surface area contributed by atoms with E-state index in [4.69, 9.17) is 20.4 Å². The molecule has 0 unspecified atom stereocenters. The smallest absolute Gasteiger partial charge is 0.162 e. The third-order valence-corrected chi connectivity index (χ3v) is 3.31. The average molecular weight is 248 g/mol. The summed E-state index contributed by atoms with van der Waals surface area (Å²) < 4.78 is 0. The molecule has 0 heterocycles. The summed E-state index contributed by atoms with van der Waals surface area (Å²) in [6.07, 6.45) is 8.42. The van der Waals surface area contributed by atoms with E-state index in [0.29, 0.717) is 25.7 Å². The normalized spacial score (nSPS) is 26.1. The van der Waals surface area contributed by atoms with Crippen molar-refractivity contribution in [1.29, 1.82) is 0 Å². The van der Waals surface area contributed by atoms with Crippen molar-refractivity contribution in [2.45, 2.75) is 83.2 Å². The molecule has 0 atom stereocenters. The monoisotopic (exact) mass is 248 g/mol. The van der Waals surface area contributed by atoms with Gasteiger partial charge in [0.25, 0.3) is 0 Å². The first kappa shape index (κ1) is 16.8. The van der Waals surface area contributed by atoms with Crippen LogP contribution >= 0.6 is 0 Å². The Bertz CT molecular complexity index is 164. The lowest BCUT2D eigenvalue weighted by Gasteiger charge is -2.25. The largest absolute Gasteiger partial charge is 0.366 e. The predicted molar refractivity (Wildman–Crippen MR) is 67.2 cm³/mol. The molecule has 4 nitrogen and oxygen atoms in total. The summed E-state index contributed by atoms with van der Waals surface area (Å²) in [7, 11) is 0. The fourth-order valence-electron chi connectivity index (χ4n) is 2.24. The lowest BCUT2D eigenvalue weighted by Crippen LogP contribution is -2.30. The van der Waals surface area contributed by atoms with Crippen molar-refractivity contribution < 1.29 is 20.4 Å². The van der Waals surface area contributed by atoms with Gasteiger partial charge in [-0.15, -0.1) is 0 Å². The topological polar surface area (TPSA) is 80.9 Å². The van der Waals surface area contributed by atoms with Crippen LogP contribution in [-0.4, -0.2) is 32.0 Å². The lowest BCUT2D eigenvalue weighted by molar-refractivity contribution is -0.180. The highest BCUT2D eigenvalue weighted by Crippen LogP contribution is 2.25. The summed E-state index contributed by atoms with van der Waals surface area (Å²) in [6, 6.07) is 0. The van der Waals surface area contributed by atoms with Crippen molar-refractivity contribution in [2.75, 3.05) is 0 Å². The van der Waals surface area contributed by atoms with E-state index in [1.165, 1.54) is 0 Å². The first-order chi connectivity index (χ1) is 7.41. The van der Waals surface area contributed by atoms with E-state index in [2.05, 4.69) is 0 Å². The van der Waals surface area contributed by atoms with Gasteiger partial charge in [0.1, 0.15) is 0 Å². The second kappa shape index (κ2) is 7.31. The van der Waals surface area contributed by atoms with Gasteiger partial charge in [0.2, 0.25) is 0 Å². The van der Waals surface area contributed by atoms with Crippen LogP contribution in [0.3, 0.4) is 0 Å². The maximum Gasteiger partial charge on any atom is 0.162 e. The third-order valence-electron chi connectivity index (χ3n) is 3.31. The second-order valence-corrected chi connectivity index (χ2v) is 5.09. The molecule has 2 saturated carbocycles. The Morgan fingerprint density at radius 2 is 0.706 bits per heavy atom. The van der Waals surface area contributed by atoms with Crippen LogP contribution in [0.15, 0.2) is 0 Å². The van der Waals surface area contributed by atoms with Crippen LogP contribution in [-0.2, 0) is 0 Å². The Kier molecular flexibility index (Phi) is 7.24. The lowest BCUT2D eigenvalue weighted by atomic mass is 9.95. The fraction of sp³-hybridized carbons (Fsp3) is 1.00. The summed E-state index contributed by atoms with van der Waals surface area (Å²) in [5, 5.41) is 35.7. The Morgan fingerprint density at radius 1 is 0.471 bits per heavy atom. The Labute approximate surface area is 104 Å². The molecule has 0 amide bonds. The SMILES string of the molecule is C.OC1(O)CCCCC1.OC1(O)CCCCC1. The maximum atomic E-state index is 8.93. The van der Waals surface area contributed by atoms with E-state index in [0.717, 1.165) is 38.5 Å².